The summed E-state index contributed by atoms with van der Waals surface area (Å²) in [6.45, 7) is 11.3. The van der Waals surface area contributed by atoms with Gasteiger partial charge in [-0.05, 0) is 52.5 Å². The van der Waals surface area contributed by atoms with Crippen LogP contribution >= 0.6 is 0 Å². The number of rotatable bonds is 7. The molecule has 0 atom stereocenters. The van der Waals surface area contributed by atoms with Gasteiger partial charge in [-0.1, -0.05) is 26.2 Å². The standard InChI is InChI=1S/C17H34N2O2/c1-5-12-19(16(20)21-17(2,3)4)13-11-18-14-15-9-7-6-8-10-15/h15,18H,5-14H2,1-4H3. The third-order valence-corrected chi connectivity index (χ3v) is 3.86. The molecule has 1 N–H and O–H groups in total. The number of hydrogen-bond donors (Lipinski definition) is 1. The van der Waals surface area contributed by atoms with Gasteiger partial charge in [0, 0.05) is 19.6 Å². The Morgan fingerprint density at radius 2 is 1.86 bits per heavy atom. The van der Waals surface area contributed by atoms with Gasteiger partial charge in [0.25, 0.3) is 0 Å². The molecule has 1 saturated carbocycles. The van der Waals surface area contributed by atoms with E-state index >= 15 is 0 Å². The van der Waals surface area contributed by atoms with Crippen LogP contribution in [0.15, 0.2) is 0 Å². The Hall–Kier alpha value is -0.770. The molecule has 4 heteroatoms. The van der Waals surface area contributed by atoms with Gasteiger partial charge >= 0.3 is 6.09 Å². The summed E-state index contributed by atoms with van der Waals surface area (Å²) >= 11 is 0. The summed E-state index contributed by atoms with van der Waals surface area (Å²) in [6, 6.07) is 0. The van der Waals surface area contributed by atoms with Crippen LogP contribution in [0.3, 0.4) is 0 Å². The molecule has 0 aromatic heterocycles. The van der Waals surface area contributed by atoms with E-state index in [2.05, 4.69) is 12.2 Å². The normalized spacial score (nSPS) is 16.8. The van der Waals surface area contributed by atoms with Crippen molar-refractivity contribution in [1.82, 2.24) is 10.2 Å². The molecule has 0 aromatic carbocycles. The summed E-state index contributed by atoms with van der Waals surface area (Å²) in [7, 11) is 0. The van der Waals surface area contributed by atoms with Crippen LogP contribution in [0, 0.1) is 5.92 Å². The van der Waals surface area contributed by atoms with Crippen LogP contribution < -0.4 is 5.32 Å². The Morgan fingerprint density at radius 1 is 1.19 bits per heavy atom. The number of hydrogen-bond acceptors (Lipinski definition) is 3. The first-order valence-electron chi connectivity index (χ1n) is 8.61. The van der Waals surface area contributed by atoms with Crippen molar-refractivity contribution in [2.24, 2.45) is 5.92 Å². The summed E-state index contributed by atoms with van der Waals surface area (Å²) < 4.78 is 5.46. The van der Waals surface area contributed by atoms with Crippen molar-refractivity contribution in [3.8, 4) is 0 Å². The molecule has 0 spiro atoms. The molecular formula is C17H34N2O2. The van der Waals surface area contributed by atoms with Gasteiger partial charge in [0.05, 0.1) is 0 Å². The number of nitrogens with zero attached hydrogens (tertiary/aromatic N) is 1. The zero-order chi connectivity index (χ0) is 15.7. The molecule has 124 valence electrons. The van der Waals surface area contributed by atoms with E-state index in [9.17, 15) is 4.79 Å². The Morgan fingerprint density at radius 3 is 2.43 bits per heavy atom. The summed E-state index contributed by atoms with van der Waals surface area (Å²) in [5, 5.41) is 3.51. The number of amides is 1. The average Bonchev–Trinajstić information content (AvgIpc) is 2.41. The van der Waals surface area contributed by atoms with Crippen LogP contribution in [0.4, 0.5) is 4.79 Å². The molecule has 21 heavy (non-hydrogen) atoms. The van der Waals surface area contributed by atoms with E-state index in [4.69, 9.17) is 4.74 Å². The molecule has 0 saturated heterocycles. The van der Waals surface area contributed by atoms with E-state index in [1.807, 2.05) is 25.7 Å². The maximum absolute atomic E-state index is 12.1. The second-order valence-electron chi connectivity index (χ2n) is 7.18. The Bertz CT molecular complexity index is 294. The van der Waals surface area contributed by atoms with Gasteiger partial charge in [-0.2, -0.15) is 0 Å². The highest BCUT2D eigenvalue weighted by Crippen LogP contribution is 2.22. The van der Waals surface area contributed by atoms with Crippen LogP contribution in [0.1, 0.15) is 66.2 Å². The molecule has 0 unspecified atom stereocenters. The number of nitrogens with one attached hydrogen (secondary N) is 1. The number of ether oxygens (including phenoxy) is 1. The van der Waals surface area contributed by atoms with Crippen molar-refractivity contribution >= 4 is 6.09 Å². The molecule has 0 heterocycles. The molecule has 1 rings (SSSR count). The fourth-order valence-electron chi connectivity index (χ4n) is 2.80. The highest BCUT2D eigenvalue weighted by molar-refractivity contribution is 5.68. The van der Waals surface area contributed by atoms with Gasteiger partial charge in [-0.3, -0.25) is 0 Å². The fourth-order valence-corrected chi connectivity index (χ4v) is 2.80. The van der Waals surface area contributed by atoms with Gasteiger partial charge in [0.1, 0.15) is 5.60 Å². The van der Waals surface area contributed by atoms with Crippen LogP contribution in [-0.4, -0.2) is 42.8 Å². The Kier molecular flexibility index (Phi) is 8.09. The molecule has 1 amide bonds. The molecule has 0 aliphatic heterocycles. The quantitative estimate of drug-likeness (QED) is 0.727. The number of carbonyl (C=O) groups is 1. The predicted molar refractivity (Wildman–Crippen MR) is 87.5 cm³/mol. The molecule has 0 bridgehead atoms. The molecular weight excluding hydrogens is 264 g/mol. The first-order valence-corrected chi connectivity index (χ1v) is 8.61. The maximum atomic E-state index is 12.1. The second kappa shape index (κ2) is 9.29. The topological polar surface area (TPSA) is 41.6 Å². The lowest BCUT2D eigenvalue weighted by Crippen LogP contribution is -2.41. The van der Waals surface area contributed by atoms with Gasteiger partial charge in [0.2, 0.25) is 0 Å². The summed E-state index contributed by atoms with van der Waals surface area (Å²) in [6.07, 6.45) is 7.65. The van der Waals surface area contributed by atoms with Crippen molar-refractivity contribution < 1.29 is 9.53 Å². The molecule has 0 radical (unpaired) electrons. The molecule has 4 nitrogen and oxygen atoms in total. The van der Waals surface area contributed by atoms with E-state index in [-0.39, 0.29) is 6.09 Å². The summed E-state index contributed by atoms with van der Waals surface area (Å²) in [5.74, 6) is 0.833. The van der Waals surface area contributed by atoms with E-state index < -0.39 is 5.60 Å². The van der Waals surface area contributed by atoms with Crippen molar-refractivity contribution in [1.29, 1.82) is 0 Å². The van der Waals surface area contributed by atoms with E-state index in [1.165, 1.54) is 32.1 Å². The van der Waals surface area contributed by atoms with Gasteiger partial charge in [0.15, 0.2) is 0 Å². The van der Waals surface area contributed by atoms with Gasteiger partial charge < -0.3 is 15.0 Å². The minimum atomic E-state index is -0.418. The van der Waals surface area contributed by atoms with Crippen molar-refractivity contribution in [3.63, 3.8) is 0 Å². The number of carbonyl (C=O) groups excluding carboxylic acids is 1. The lowest BCUT2D eigenvalue weighted by molar-refractivity contribution is 0.0251. The van der Waals surface area contributed by atoms with Crippen LogP contribution in [-0.2, 0) is 4.74 Å². The lowest BCUT2D eigenvalue weighted by Gasteiger charge is -2.28. The van der Waals surface area contributed by atoms with E-state index in [1.54, 1.807) is 0 Å². The van der Waals surface area contributed by atoms with Crippen LogP contribution in [0.5, 0.6) is 0 Å². The zero-order valence-electron chi connectivity index (χ0n) is 14.4. The van der Waals surface area contributed by atoms with Crippen molar-refractivity contribution in [2.45, 2.75) is 71.8 Å². The smallest absolute Gasteiger partial charge is 0.410 e. The third kappa shape index (κ3) is 8.30. The zero-order valence-corrected chi connectivity index (χ0v) is 14.4. The summed E-state index contributed by atoms with van der Waals surface area (Å²) in [5.41, 5.74) is -0.418. The Labute approximate surface area is 130 Å². The first kappa shape index (κ1) is 18.3. The first-order chi connectivity index (χ1) is 9.92. The minimum absolute atomic E-state index is 0.191. The van der Waals surface area contributed by atoms with Crippen molar-refractivity contribution in [2.75, 3.05) is 26.2 Å². The third-order valence-electron chi connectivity index (χ3n) is 3.86. The Balaban J connectivity index is 2.25. The summed E-state index contributed by atoms with van der Waals surface area (Å²) in [4.78, 5) is 13.9. The van der Waals surface area contributed by atoms with Gasteiger partial charge in [-0.25, -0.2) is 4.79 Å². The minimum Gasteiger partial charge on any atom is -0.444 e. The van der Waals surface area contributed by atoms with Gasteiger partial charge in [-0.15, -0.1) is 0 Å². The van der Waals surface area contributed by atoms with Crippen LogP contribution in [0.25, 0.3) is 0 Å². The maximum Gasteiger partial charge on any atom is 0.410 e. The molecule has 1 aliphatic rings. The van der Waals surface area contributed by atoms with Crippen LogP contribution in [0.2, 0.25) is 0 Å². The highest BCUT2D eigenvalue weighted by Gasteiger charge is 2.21. The predicted octanol–water partition coefficient (Wildman–Crippen LogP) is 3.80. The van der Waals surface area contributed by atoms with E-state index in [0.29, 0.717) is 0 Å². The van der Waals surface area contributed by atoms with Crippen molar-refractivity contribution in [3.05, 3.63) is 0 Å². The van der Waals surface area contributed by atoms with E-state index in [0.717, 1.165) is 38.5 Å². The lowest BCUT2D eigenvalue weighted by atomic mass is 9.89. The monoisotopic (exact) mass is 298 g/mol. The molecule has 1 aliphatic carbocycles. The largest absolute Gasteiger partial charge is 0.444 e. The average molecular weight is 298 g/mol. The second-order valence-corrected chi connectivity index (χ2v) is 7.18. The highest BCUT2D eigenvalue weighted by atomic mass is 16.6. The molecule has 1 fully saturated rings. The molecule has 0 aromatic rings. The fraction of sp³-hybridized carbons (Fsp3) is 0.941. The SMILES string of the molecule is CCCN(CCNCC1CCCCC1)C(=O)OC(C)(C)C.